The highest BCUT2D eigenvalue weighted by Gasteiger charge is 2.58. The first kappa shape index (κ1) is 12.9. The maximum Gasteiger partial charge on any atom is 0.249 e. The Bertz CT molecular complexity index is 708. The number of fused-ring (bicyclic) bond motifs is 1. The first-order valence-corrected chi connectivity index (χ1v) is 7.18. The average Bonchev–Trinajstić information content (AvgIpc) is 2.81. The Hall–Kier alpha value is -1.85. The highest BCUT2D eigenvalue weighted by Crippen LogP contribution is 2.57. The van der Waals surface area contributed by atoms with Gasteiger partial charge >= 0.3 is 0 Å². The van der Waals surface area contributed by atoms with Crippen LogP contribution in [0.1, 0.15) is 25.1 Å². The summed E-state index contributed by atoms with van der Waals surface area (Å²) >= 11 is 0. The number of anilines is 1. The second-order valence-electron chi connectivity index (χ2n) is 6.37. The van der Waals surface area contributed by atoms with E-state index >= 15 is 0 Å². The van der Waals surface area contributed by atoms with Crippen LogP contribution >= 0.6 is 0 Å². The molecule has 2 aromatic heterocycles. The molecule has 0 bridgehead atoms. The van der Waals surface area contributed by atoms with Crippen LogP contribution in [0.4, 0.5) is 14.6 Å². The standard InChI is InChI=1S/C15H16F2N4/c1-10-19-6-11-2-4-18-13(12(11)20-10)21-5-3-14(9-21)7-15(16,17)8-14/h2,4,6H,3,5,7-9H2,1H3. The van der Waals surface area contributed by atoms with E-state index in [2.05, 4.69) is 19.9 Å². The topological polar surface area (TPSA) is 41.9 Å². The molecule has 1 aliphatic carbocycles. The normalized spacial score (nSPS) is 22.7. The third-order valence-electron chi connectivity index (χ3n) is 4.61. The largest absolute Gasteiger partial charge is 0.354 e. The van der Waals surface area contributed by atoms with Crippen molar-refractivity contribution in [2.45, 2.75) is 32.1 Å². The Balaban J connectivity index is 1.67. The Morgan fingerprint density at radius 3 is 2.81 bits per heavy atom. The monoisotopic (exact) mass is 290 g/mol. The van der Waals surface area contributed by atoms with Crippen LogP contribution in [0.5, 0.6) is 0 Å². The Kier molecular flexibility index (Phi) is 2.50. The predicted octanol–water partition coefficient (Wildman–Crippen LogP) is 2.96. The van der Waals surface area contributed by atoms with Crippen molar-refractivity contribution in [3.05, 3.63) is 24.3 Å². The molecular formula is C15H16F2N4. The van der Waals surface area contributed by atoms with Crippen molar-refractivity contribution in [2.75, 3.05) is 18.0 Å². The molecule has 0 aromatic carbocycles. The van der Waals surface area contributed by atoms with Gasteiger partial charge in [0.05, 0.1) is 0 Å². The van der Waals surface area contributed by atoms with Gasteiger partial charge in [-0.3, -0.25) is 0 Å². The van der Waals surface area contributed by atoms with E-state index in [-0.39, 0.29) is 18.3 Å². The summed E-state index contributed by atoms with van der Waals surface area (Å²) in [4.78, 5) is 15.2. The third-order valence-corrected chi connectivity index (χ3v) is 4.61. The molecule has 2 aromatic rings. The van der Waals surface area contributed by atoms with Gasteiger partial charge in [-0.15, -0.1) is 0 Å². The highest BCUT2D eigenvalue weighted by molar-refractivity contribution is 5.88. The number of hydrogen-bond acceptors (Lipinski definition) is 4. The molecule has 1 spiro atoms. The molecule has 1 saturated carbocycles. The molecule has 110 valence electrons. The molecule has 0 amide bonds. The molecule has 0 unspecified atom stereocenters. The van der Waals surface area contributed by atoms with Gasteiger partial charge in [0.25, 0.3) is 0 Å². The zero-order valence-electron chi connectivity index (χ0n) is 11.8. The van der Waals surface area contributed by atoms with Crippen molar-refractivity contribution in [3.8, 4) is 0 Å². The van der Waals surface area contributed by atoms with Crippen LogP contribution in [-0.2, 0) is 0 Å². The van der Waals surface area contributed by atoms with Crippen molar-refractivity contribution >= 4 is 16.7 Å². The zero-order chi connectivity index (χ0) is 14.7. The van der Waals surface area contributed by atoms with Crippen LogP contribution in [0.3, 0.4) is 0 Å². The first-order valence-electron chi connectivity index (χ1n) is 7.18. The summed E-state index contributed by atoms with van der Waals surface area (Å²) in [6, 6.07) is 1.88. The first-order chi connectivity index (χ1) is 9.96. The Morgan fingerprint density at radius 1 is 1.24 bits per heavy atom. The van der Waals surface area contributed by atoms with E-state index in [0.29, 0.717) is 12.4 Å². The fraction of sp³-hybridized carbons (Fsp3) is 0.533. The predicted molar refractivity (Wildman–Crippen MR) is 75.5 cm³/mol. The van der Waals surface area contributed by atoms with E-state index < -0.39 is 5.92 Å². The molecular weight excluding hydrogens is 274 g/mol. The van der Waals surface area contributed by atoms with Crippen LogP contribution in [0.25, 0.3) is 10.9 Å². The molecule has 2 fully saturated rings. The molecule has 0 atom stereocenters. The molecule has 1 saturated heterocycles. The van der Waals surface area contributed by atoms with Crippen LogP contribution in [0.2, 0.25) is 0 Å². The van der Waals surface area contributed by atoms with Gasteiger partial charge in [-0.1, -0.05) is 0 Å². The van der Waals surface area contributed by atoms with Gasteiger partial charge < -0.3 is 4.90 Å². The number of nitrogens with zero attached hydrogens (tertiary/aromatic N) is 4. The van der Waals surface area contributed by atoms with Crippen molar-refractivity contribution in [1.82, 2.24) is 15.0 Å². The van der Waals surface area contributed by atoms with Crippen molar-refractivity contribution in [3.63, 3.8) is 0 Å². The molecule has 4 rings (SSSR count). The number of aromatic nitrogens is 3. The van der Waals surface area contributed by atoms with Gasteiger partial charge in [0.1, 0.15) is 11.3 Å². The molecule has 1 aliphatic heterocycles. The van der Waals surface area contributed by atoms with Crippen LogP contribution in [0, 0.1) is 12.3 Å². The van der Waals surface area contributed by atoms with E-state index in [0.717, 1.165) is 29.7 Å². The van der Waals surface area contributed by atoms with Gasteiger partial charge in [-0.05, 0) is 19.4 Å². The van der Waals surface area contributed by atoms with Crippen LogP contribution in [0.15, 0.2) is 18.5 Å². The van der Waals surface area contributed by atoms with Crippen LogP contribution < -0.4 is 4.90 Å². The van der Waals surface area contributed by atoms with Gasteiger partial charge in [0, 0.05) is 49.1 Å². The van der Waals surface area contributed by atoms with E-state index in [1.165, 1.54) is 0 Å². The number of rotatable bonds is 1. The maximum absolute atomic E-state index is 13.2. The fourth-order valence-corrected chi connectivity index (χ4v) is 3.71. The maximum atomic E-state index is 13.2. The van der Waals surface area contributed by atoms with E-state index in [9.17, 15) is 8.78 Å². The lowest BCUT2D eigenvalue weighted by Crippen LogP contribution is -2.47. The SMILES string of the molecule is Cc1ncc2ccnc(N3CCC4(C3)CC(F)(F)C4)c2n1. The summed E-state index contributed by atoms with van der Waals surface area (Å²) in [5, 5.41) is 0.936. The van der Waals surface area contributed by atoms with Crippen LogP contribution in [-0.4, -0.2) is 34.0 Å². The molecule has 4 nitrogen and oxygen atoms in total. The second kappa shape index (κ2) is 4.08. The van der Waals surface area contributed by atoms with E-state index in [1.807, 2.05) is 13.0 Å². The molecule has 0 radical (unpaired) electrons. The summed E-state index contributed by atoms with van der Waals surface area (Å²) in [6.07, 6.45) is 4.35. The minimum Gasteiger partial charge on any atom is -0.354 e. The summed E-state index contributed by atoms with van der Waals surface area (Å²) in [6.45, 7) is 3.26. The summed E-state index contributed by atoms with van der Waals surface area (Å²) < 4.78 is 26.4. The zero-order valence-corrected chi connectivity index (χ0v) is 11.8. The summed E-state index contributed by atoms with van der Waals surface area (Å²) in [5.41, 5.74) is 0.586. The molecule has 0 N–H and O–H groups in total. The lowest BCUT2D eigenvalue weighted by atomic mass is 9.65. The molecule has 6 heteroatoms. The summed E-state index contributed by atoms with van der Waals surface area (Å²) in [7, 11) is 0. The Morgan fingerprint density at radius 2 is 2.05 bits per heavy atom. The minimum absolute atomic E-state index is 0.00920. The number of aryl methyl sites for hydroxylation is 1. The van der Waals surface area contributed by atoms with E-state index in [4.69, 9.17) is 0 Å². The molecule has 2 aliphatic rings. The number of halogens is 2. The lowest BCUT2D eigenvalue weighted by Gasteiger charge is -2.44. The van der Waals surface area contributed by atoms with E-state index in [1.54, 1.807) is 12.4 Å². The lowest BCUT2D eigenvalue weighted by molar-refractivity contribution is -0.152. The second-order valence-corrected chi connectivity index (χ2v) is 6.37. The Labute approximate surface area is 121 Å². The molecule has 3 heterocycles. The van der Waals surface area contributed by atoms with Crippen molar-refractivity contribution in [2.24, 2.45) is 5.41 Å². The smallest absolute Gasteiger partial charge is 0.249 e. The van der Waals surface area contributed by atoms with Gasteiger partial charge in [0.15, 0.2) is 5.82 Å². The van der Waals surface area contributed by atoms with Gasteiger partial charge in [-0.2, -0.15) is 0 Å². The highest BCUT2D eigenvalue weighted by atomic mass is 19.3. The third kappa shape index (κ3) is 2.04. The van der Waals surface area contributed by atoms with Gasteiger partial charge in [-0.25, -0.2) is 23.7 Å². The fourth-order valence-electron chi connectivity index (χ4n) is 3.71. The molecule has 21 heavy (non-hydrogen) atoms. The quantitative estimate of drug-likeness (QED) is 0.810. The minimum atomic E-state index is -2.47. The number of alkyl halides is 2. The number of hydrogen-bond donors (Lipinski definition) is 0. The average molecular weight is 290 g/mol. The van der Waals surface area contributed by atoms with Crippen molar-refractivity contribution < 1.29 is 8.78 Å². The summed E-state index contributed by atoms with van der Waals surface area (Å²) in [5.74, 6) is -0.980. The van der Waals surface area contributed by atoms with Gasteiger partial charge in [0.2, 0.25) is 5.92 Å². The number of pyridine rings is 1. The van der Waals surface area contributed by atoms with Crippen molar-refractivity contribution in [1.29, 1.82) is 0 Å².